The number of methoxy groups -OCH3 is 1. The van der Waals surface area contributed by atoms with Gasteiger partial charge in [0, 0.05) is 61.7 Å². The summed E-state index contributed by atoms with van der Waals surface area (Å²) in [6.07, 6.45) is 34.4. The molecule has 1 aromatic rings. The summed E-state index contributed by atoms with van der Waals surface area (Å²) < 4.78 is 10.6. The molecule has 3 rings (SSSR count). The van der Waals surface area contributed by atoms with Crippen LogP contribution < -0.4 is 37.2 Å². The molecular formula is C76H121N9O13S3. The molecule has 1 aromatic carbocycles. The fourth-order valence-electron chi connectivity index (χ4n) is 11.6. The second-order valence-corrected chi connectivity index (χ2v) is 30.0. The predicted octanol–water partition coefficient (Wildman–Crippen LogP) is 10.9. The summed E-state index contributed by atoms with van der Waals surface area (Å²) in [6.45, 7) is 12.0. The summed E-state index contributed by atoms with van der Waals surface area (Å²) >= 11 is 4.44. The lowest BCUT2D eigenvalue weighted by atomic mass is 10.0. The summed E-state index contributed by atoms with van der Waals surface area (Å²) in [4.78, 5) is 148. The lowest BCUT2D eigenvalue weighted by molar-refractivity contribution is -0.146. The summed E-state index contributed by atoms with van der Waals surface area (Å²) in [5, 5.41) is 19.5. The zero-order chi connectivity index (χ0) is 74.2. The van der Waals surface area contributed by atoms with E-state index in [1.54, 1.807) is 19.2 Å². The second-order valence-electron chi connectivity index (χ2n) is 26.8. The van der Waals surface area contributed by atoms with Crippen molar-refractivity contribution in [2.45, 2.75) is 239 Å². The Bertz CT molecular complexity index is 2870. The summed E-state index contributed by atoms with van der Waals surface area (Å²) in [7, 11) is 3.02. The predicted molar refractivity (Wildman–Crippen MR) is 408 cm³/mol. The van der Waals surface area contributed by atoms with Crippen molar-refractivity contribution in [3.05, 3.63) is 76.9 Å². The van der Waals surface area contributed by atoms with Crippen LogP contribution in [0.25, 0.3) is 0 Å². The van der Waals surface area contributed by atoms with Gasteiger partial charge >= 0.3 is 11.9 Å². The molecule has 0 saturated carbocycles. The van der Waals surface area contributed by atoms with Crippen LogP contribution in [0, 0.1) is 5.92 Å². The lowest BCUT2D eigenvalue weighted by Crippen LogP contribution is -2.57. The van der Waals surface area contributed by atoms with Crippen LogP contribution in [0.5, 0.6) is 0 Å². The molecule has 22 nitrogen and oxygen atoms in total. The van der Waals surface area contributed by atoms with Crippen molar-refractivity contribution >= 4 is 106 Å². The number of carbonyl (C=O) groups is 11. The number of carbonyl (C=O) groups excluding carboxylic acids is 11. The fourth-order valence-corrected chi connectivity index (χ4v) is 14.2. The van der Waals surface area contributed by atoms with Crippen molar-refractivity contribution < 1.29 is 62.2 Å². The number of amides is 9. The minimum atomic E-state index is -1.10. The maximum atomic E-state index is 14.4. The number of nitrogens with one attached hydrogen (secondary N) is 7. The highest BCUT2D eigenvalue weighted by molar-refractivity contribution is 7.99. The minimum Gasteiger partial charge on any atom is -0.467 e. The van der Waals surface area contributed by atoms with E-state index in [0.717, 1.165) is 66.9 Å². The molecule has 2 aliphatic rings. The number of rotatable bonds is 55. The molecule has 2 aliphatic heterocycles. The van der Waals surface area contributed by atoms with Crippen LogP contribution in [0.2, 0.25) is 0 Å². The number of ether oxygens (including phenoxy) is 2. The van der Waals surface area contributed by atoms with E-state index in [-0.39, 0.29) is 86.6 Å². The largest absolute Gasteiger partial charge is 0.467 e. The normalized spacial score (nSPS) is 15.2. The Morgan fingerprint density at radius 3 is 1.83 bits per heavy atom. The Balaban J connectivity index is 1.54. The van der Waals surface area contributed by atoms with Crippen LogP contribution in [0.1, 0.15) is 219 Å². The highest BCUT2D eigenvalue weighted by Gasteiger charge is 2.39. The van der Waals surface area contributed by atoms with Gasteiger partial charge in [0.2, 0.25) is 41.4 Å². The van der Waals surface area contributed by atoms with Crippen LogP contribution >= 0.6 is 35.3 Å². The Kier molecular flexibility index (Phi) is 46.7. The van der Waals surface area contributed by atoms with Crippen molar-refractivity contribution in [1.29, 1.82) is 0 Å². The molecular weight excluding hydrogens is 1340 g/mol. The van der Waals surface area contributed by atoms with E-state index in [0.29, 0.717) is 49.2 Å². The molecule has 5 atom stereocenters. The molecule has 0 spiro atoms. The quantitative estimate of drug-likeness (QED) is 0.0138. The van der Waals surface area contributed by atoms with E-state index in [2.05, 4.69) is 76.2 Å². The first-order chi connectivity index (χ1) is 48.6. The monoisotopic (exact) mass is 1460 g/mol. The van der Waals surface area contributed by atoms with Crippen molar-refractivity contribution in [2.75, 3.05) is 87.3 Å². The van der Waals surface area contributed by atoms with Gasteiger partial charge in [0.1, 0.15) is 36.8 Å². The van der Waals surface area contributed by atoms with Crippen LogP contribution in [-0.2, 0) is 57.4 Å². The Hall–Kier alpha value is -6.60. The van der Waals surface area contributed by atoms with E-state index in [1.807, 2.05) is 39.2 Å². The molecule has 1 fully saturated rings. The molecule has 0 aromatic heterocycles. The number of hydrogen-bond donors (Lipinski definition) is 7. The molecule has 7 N–H and O–H groups in total. The van der Waals surface area contributed by atoms with E-state index in [9.17, 15) is 52.7 Å². The van der Waals surface area contributed by atoms with Gasteiger partial charge in [-0.2, -0.15) is 35.3 Å². The SMILES string of the molecule is CCCCCCCCCCCCCCCCSC[C@H](NC(=O)CNC(=O)CCCCCN1C(=O)C=CC1=O)C(=O)N[C@@H](CCSC)C(=O)NCC(=O)N[C@@H](CC(C)C)C(=O)N1CCC[C@H]1C(=O)N[C@@H](CSC/C=C(\C)CC/C=C(\C)CC/C=C(\C)COC(=O)c1ccccc1NC)C(=O)OC. The topological polar surface area (TPSA) is 297 Å². The zero-order valence-electron chi connectivity index (χ0n) is 62.0. The van der Waals surface area contributed by atoms with Gasteiger partial charge in [-0.05, 0) is 133 Å². The van der Waals surface area contributed by atoms with E-state index >= 15 is 0 Å². The summed E-state index contributed by atoms with van der Waals surface area (Å²) in [5.74, 6) is -3.38. The average molecular weight is 1470 g/mol. The number of nitrogens with zero attached hydrogens (tertiary/aromatic N) is 2. The number of benzene rings is 1. The zero-order valence-corrected chi connectivity index (χ0v) is 64.5. The third-order valence-electron chi connectivity index (χ3n) is 17.6. The maximum Gasteiger partial charge on any atom is 0.340 e. The number of likely N-dealkylation sites (tertiary alicyclic amines) is 1. The number of allylic oxidation sites excluding steroid dienone is 4. The first kappa shape index (κ1) is 88.6. The smallest absolute Gasteiger partial charge is 0.340 e. The van der Waals surface area contributed by atoms with Gasteiger partial charge in [0.05, 0.1) is 25.8 Å². The molecule has 25 heteroatoms. The third-order valence-corrected chi connectivity index (χ3v) is 20.4. The molecule has 0 unspecified atom stereocenters. The van der Waals surface area contributed by atoms with Crippen molar-refractivity contribution in [1.82, 2.24) is 41.7 Å². The number of thioether (sulfide) groups is 3. The van der Waals surface area contributed by atoms with Crippen LogP contribution in [0.4, 0.5) is 5.69 Å². The number of esters is 2. The first-order valence-electron chi connectivity index (χ1n) is 36.8. The van der Waals surface area contributed by atoms with E-state index in [1.165, 1.54) is 141 Å². The maximum absolute atomic E-state index is 14.4. The Morgan fingerprint density at radius 1 is 0.624 bits per heavy atom. The molecule has 0 radical (unpaired) electrons. The lowest BCUT2D eigenvalue weighted by Gasteiger charge is -2.30. The van der Waals surface area contributed by atoms with Crippen LogP contribution in [0.3, 0.4) is 0 Å². The third kappa shape index (κ3) is 37.9. The average Bonchev–Trinajstić information content (AvgIpc) is 1.74. The Labute approximate surface area is 615 Å². The molecule has 1 saturated heterocycles. The van der Waals surface area contributed by atoms with Gasteiger partial charge in [0.25, 0.3) is 11.8 Å². The summed E-state index contributed by atoms with van der Waals surface area (Å²) in [5.41, 5.74) is 4.64. The van der Waals surface area contributed by atoms with Gasteiger partial charge in [-0.25, -0.2) is 9.59 Å². The highest BCUT2D eigenvalue weighted by Crippen LogP contribution is 2.23. The van der Waals surface area contributed by atoms with Crippen molar-refractivity contribution in [3.63, 3.8) is 0 Å². The first-order valence-corrected chi connectivity index (χ1v) is 40.5. The van der Waals surface area contributed by atoms with Crippen LogP contribution in [-0.4, -0.2) is 187 Å². The fraction of sp³-hybridized carbons (Fsp3) is 0.671. The summed E-state index contributed by atoms with van der Waals surface area (Å²) in [6, 6.07) is 2.12. The minimum absolute atomic E-state index is 0.0638. The molecule has 566 valence electrons. The number of hydrogen-bond acceptors (Lipinski definition) is 17. The number of anilines is 1. The van der Waals surface area contributed by atoms with Gasteiger partial charge < -0.3 is 51.6 Å². The van der Waals surface area contributed by atoms with Crippen molar-refractivity contribution in [3.8, 4) is 0 Å². The number of para-hydroxylation sites is 1. The van der Waals surface area contributed by atoms with Gasteiger partial charge in [-0.3, -0.25) is 48.1 Å². The van der Waals surface area contributed by atoms with E-state index in [4.69, 9.17) is 9.47 Å². The standard InChI is InChI=1S/C76H121N9O13S3/c1-10-11-12-13-14-15-16-17-18-19-20-21-22-28-46-100-53-63(81-67(87)50-78-66(86)39-24-23-27-44-85-69(89)40-41-70(85)90)72(92)82-61(43-47-99-9)71(91)79-51-68(88)80-62(49-55(2)3)74(94)84-45-31-38-65(84)73(93)83-64(76(96)97-8)54-101-48-42-57(5)34-29-32-56(4)33-30-35-58(6)52-98-75(95)59-36-25-26-37-60(59)77-7/h25-26,32,35-37,40-42,55,61-65,77H,10-24,27-31,33-34,38-39,43-54H2,1-9H3,(H,78,86)(H,79,91)(H,80,88)(H,81,87)(H,82,92)(H,83,93)/b56-32+,57-42+,58-35+/t61-,62-,63-,64-,65-/m0/s1. The second kappa shape index (κ2) is 53.2. The van der Waals surface area contributed by atoms with Crippen molar-refractivity contribution in [2.24, 2.45) is 5.92 Å². The Morgan fingerprint density at radius 2 is 1.21 bits per heavy atom. The van der Waals surface area contributed by atoms with Crippen LogP contribution in [0.15, 0.2) is 71.4 Å². The molecule has 101 heavy (non-hydrogen) atoms. The molecule has 0 aliphatic carbocycles. The number of unbranched alkanes of at least 4 members (excludes halogenated alkanes) is 15. The number of imide groups is 1. The molecule has 9 amide bonds. The van der Waals surface area contributed by atoms with Gasteiger partial charge in [-0.15, -0.1) is 0 Å². The van der Waals surface area contributed by atoms with E-state index < -0.39 is 78.2 Å². The molecule has 0 bridgehead atoms. The van der Waals surface area contributed by atoms with Gasteiger partial charge in [-0.1, -0.05) is 152 Å². The molecule has 2 heterocycles. The highest BCUT2D eigenvalue weighted by atomic mass is 32.2. The van der Waals surface area contributed by atoms with Gasteiger partial charge in [0.15, 0.2) is 0 Å².